The van der Waals surface area contributed by atoms with Crippen LogP contribution in [0, 0.1) is 5.82 Å². The minimum absolute atomic E-state index is 0.247. The molecule has 5 aromatic carbocycles. The van der Waals surface area contributed by atoms with E-state index < -0.39 is 0 Å². The zero-order chi connectivity index (χ0) is 24.5. The summed E-state index contributed by atoms with van der Waals surface area (Å²) in [4.78, 5) is 11.3. The summed E-state index contributed by atoms with van der Waals surface area (Å²) in [5, 5.41) is 1.48. The second kappa shape index (κ2) is 7.48. The number of hydrogen-bond donors (Lipinski definition) is 0. The zero-order valence-corrected chi connectivity index (χ0v) is 19.5. The summed E-state index contributed by atoms with van der Waals surface area (Å²) in [6.45, 7) is 0. The molecule has 0 bridgehead atoms. The standard InChI is InChI=1S/C32H18FN3O/c33-24-16-15-23-29-22(31-32(23)35-18-17-34-31)14-13-21(30(24)29)19-9-11-20(12-10-19)36-25-5-1-3-7-27(25)37-28-8-4-2-6-26(28)36/h1-18H. The van der Waals surface area contributed by atoms with Crippen LogP contribution in [0.1, 0.15) is 0 Å². The van der Waals surface area contributed by atoms with Gasteiger partial charge in [0.25, 0.3) is 0 Å². The molecule has 0 fully saturated rings. The van der Waals surface area contributed by atoms with E-state index in [0.717, 1.165) is 67.6 Å². The number of hydrogen-bond acceptors (Lipinski definition) is 4. The third-order valence-corrected chi connectivity index (χ3v) is 7.19. The van der Waals surface area contributed by atoms with E-state index in [0.29, 0.717) is 5.39 Å². The lowest BCUT2D eigenvalue weighted by atomic mass is 9.94. The lowest BCUT2D eigenvalue weighted by Gasteiger charge is -2.32. The minimum atomic E-state index is -0.247. The van der Waals surface area contributed by atoms with Gasteiger partial charge in [0.1, 0.15) is 5.82 Å². The van der Waals surface area contributed by atoms with Crippen molar-refractivity contribution in [1.29, 1.82) is 0 Å². The molecule has 0 amide bonds. The van der Waals surface area contributed by atoms with Crippen molar-refractivity contribution in [2.45, 2.75) is 0 Å². The van der Waals surface area contributed by atoms with Crippen molar-refractivity contribution in [2.75, 3.05) is 4.90 Å². The van der Waals surface area contributed by atoms with Gasteiger partial charge in [-0.15, -0.1) is 0 Å². The van der Waals surface area contributed by atoms with Crippen molar-refractivity contribution < 1.29 is 9.13 Å². The van der Waals surface area contributed by atoms with E-state index >= 15 is 4.39 Å². The predicted molar refractivity (Wildman–Crippen MR) is 144 cm³/mol. The molecule has 37 heavy (non-hydrogen) atoms. The predicted octanol–water partition coefficient (Wildman–Crippen LogP) is 8.66. The van der Waals surface area contributed by atoms with Crippen LogP contribution >= 0.6 is 0 Å². The maximum absolute atomic E-state index is 15.4. The van der Waals surface area contributed by atoms with Crippen LogP contribution in [0.5, 0.6) is 11.5 Å². The molecule has 0 saturated heterocycles. The van der Waals surface area contributed by atoms with E-state index in [4.69, 9.17) is 4.74 Å². The summed E-state index contributed by atoms with van der Waals surface area (Å²) >= 11 is 0. The number of para-hydroxylation sites is 4. The number of rotatable bonds is 2. The Labute approximate surface area is 212 Å². The fourth-order valence-electron chi connectivity index (χ4n) is 5.59. The number of fused-ring (bicyclic) bond motifs is 5. The van der Waals surface area contributed by atoms with Crippen LogP contribution < -0.4 is 9.64 Å². The molecule has 1 aliphatic heterocycles. The van der Waals surface area contributed by atoms with Gasteiger partial charge >= 0.3 is 0 Å². The highest BCUT2D eigenvalue weighted by Crippen LogP contribution is 2.51. The van der Waals surface area contributed by atoms with Gasteiger partial charge in [0.2, 0.25) is 0 Å². The molecule has 5 heteroatoms. The van der Waals surface area contributed by atoms with Gasteiger partial charge in [0.15, 0.2) is 11.5 Å². The highest BCUT2D eigenvalue weighted by Gasteiger charge is 2.28. The van der Waals surface area contributed by atoms with Gasteiger partial charge in [-0.05, 0) is 59.7 Å². The van der Waals surface area contributed by atoms with Gasteiger partial charge in [0, 0.05) is 40.0 Å². The summed E-state index contributed by atoms with van der Waals surface area (Å²) in [6, 6.07) is 31.6. The van der Waals surface area contributed by atoms with E-state index in [9.17, 15) is 0 Å². The average molecular weight is 480 g/mol. The van der Waals surface area contributed by atoms with Crippen LogP contribution in [0.3, 0.4) is 0 Å². The average Bonchev–Trinajstić information content (AvgIpc) is 3.28. The van der Waals surface area contributed by atoms with Gasteiger partial charge in [-0.1, -0.05) is 48.5 Å². The number of ether oxygens (including phenoxy) is 1. The van der Waals surface area contributed by atoms with E-state index in [1.807, 2.05) is 54.6 Å². The molecule has 1 aromatic heterocycles. The lowest BCUT2D eigenvalue weighted by molar-refractivity contribution is 0.477. The number of nitrogens with zero attached hydrogens (tertiary/aromatic N) is 3. The number of aromatic nitrogens is 2. The molecule has 0 radical (unpaired) electrons. The molecular formula is C32H18FN3O. The second-order valence-corrected chi connectivity index (χ2v) is 9.18. The molecule has 1 aliphatic carbocycles. The van der Waals surface area contributed by atoms with Crippen LogP contribution in [-0.4, -0.2) is 9.97 Å². The zero-order valence-electron chi connectivity index (χ0n) is 19.5. The van der Waals surface area contributed by atoms with Crippen molar-refractivity contribution in [3.8, 4) is 45.1 Å². The first-order valence-electron chi connectivity index (χ1n) is 12.1. The Morgan fingerprint density at radius 1 is 0.568 bits per heavy atom. The molecule has 0 N–H and O–H groups in total. The number of benzene rings is 5. The molecule has 174 valence electrons. The maximum atomic E-state index is 15.4. The molecule has 4 nitrogen and oxygen atoms in total. The van der Waals surface area contributed by atoms with Crippen LogP contribution in [0.25, 0.3) is 44.4 Å². The Hall–Kier alpha value is -5.03. The first kappa shape index (κ1) is 20.2. The third-order valence-electron chi connectivity index (χ3n) is 7.19. The highest BCUT2D eigenvalue weighted by atomic mass is 19.1. The van der Waals surface area contributed by atoms with Gasteiger partial charge in [-0.25, -0.2) is 4.39 Å². The van der Waals surface area contributed by atoms with Gasteiger partial charge < -0.3 is 9.64 Å². The van der Waals surface area contributed by atoms with Crippen molar-refractivity contribution in [1.82, 2.24) is 9.97 Å². The lowest BCUT2D eigenvalue weighted by Crippen LogP contribution is -2.15. The fraction of sp³-hybridized carbons (Fsp3) is 0. The summed E-state index contributed by atoms with van der Waals surface area (Å²) in [5.74, 6) is 1.37. The van der Waals surface area contributed by atoms with Gasteiger partial charge in [0.05, 0.1) is 22.8 Å². The number of anilines is 3. The Balaban J connectivity index is 1.28. The smallest absolute Gasteiger partial charge is 0.151 e. The highest BCUT2D eigenvalue weighted by molar-refractivity contribution is 6.17. The van der Waals surface area contributed by atoms with E-state index in [1.165, 1.54) is 6.07 Å². The third kappa shape index (κ3) is 2.82. The van der Waals surface area contributed by atoms with E-state index in [2.05, 4.69) is 51.3 Å². The largest absolute Gasteiger partial charge is 0.453 e. The van der Waals surface area contributed by atoms with Crippen LogP contribution in [0.2, 0.25) is 0 Å². The second-order valence-electron chi connectivity index (χ2n) is 9.18. The first-order chi connectivity index (χ1) is 18.3. The van der Waals surface area contributed by atoms with Crippen molar-refractivity contribution in [2.24, 2.45) is 0 Å². The summed E-state index contributed by atoms with van der Waals surface area (Å²) in [6.07, 6.45) is 3.36. The molecule has 8 rings (SSSR count). The molecule has 0 atom stereocenters. The fourth-order valence-corrected chi connectivity index (χ4v) is 5.59. The monoisotopic (exact) mass is 479 g/mol. The summed E-state index contributed by atoms with van der Waals surface area (Å²) < 4.78 is 21.5. The Morgan fingerprint density at radius 2 is 1.14 bits per heavy atom. The Morgan fingerprint density at radius 3 is 1.78 bits per heavy atom. The normalized spacial score (nSPS) is 12.6. The molecule has 6 aromatic rings. The molecule has 0 saturated carbocycles. The van der Waals surface area contributed by atoms with Crippen molar-refractivity contribution in [3.63, 3.8) is 0 Å². The van der Waals surface area contributed by atoms with Crippen LogP contribution in [-0.2, 0) is 0 Å². The van der Waals surface area contributed by atoms with E-state index in [1.54, 1.807) is 12.4 Å². The van der Waals surface area contributed by atoms with Crippen molar-refractivity contribution in [3.05, 3.63) is 115 Å². The van der Waals surface area contributed by atoms with Crippen LogP contribution in [0.4, 0.5) is 21.5 Å². The molecule has 2 heterocycles. The minimum Gasteiger partial charge on any atom is -0.453 e. The molecule has 0 unspecified atom stereocenters. The molecular weight excluding hydrogens is 461 g/mol. The SMILES string of the molecule is Fc1ccc2c3c(ccc(-c4ccc(N5c6ccccc6Oc6ccccc65)cc4)c13)-c1nccnc1-2. The van der Waals surface area contributed by atoms with Gasteiger partial charge in [-0.3, -0.25) is 9.97 Å². The summed E-state index contributed by atoms with van der Waals surface area (Å²) in [5.41, 5.74) is 8.20. The topological polar surface area (TPSA) is 38.2 Å². The van der Waals surface area contributed by atoms with Crippen molar-refractivity contribution >= 4 is 27.8 Å². The number of halogens is 1. The quantitative estimate of drug-likeness (QED) is 0.249. The maximum Gasteiger partial charge on any atom is 0.151 e. The Bertz CT molecular complexity index is 1810. The molecule has 0 spiro atoms. The Kier molecular flexibility index (Phi) is 4.08. The van der Waals surface area contributed by atoms with Gasteiger partial charge in [-0.2, -0.15) is 0 Å². The molecule has 2 aliphatic rings. The summed E-state index contributed by atoms with van der Waals surface area (Å²) in [7, 11) is 0. The van der Waals surface area contributed by atoms with Crippen LogP contribution in [0.15, 0.2) is 109 Å². The van der Waals surface area contributed by atoms with E-state index in [-0.39, 0.29) is 5.82 Å². The first-order valence-corrected chi connectivity index (χ1v) is 12.1.